The van der Waals surface area contributed by atoms with Crippen LogP contribution in [-0.2, 0) is 9.31 Å². The van der Waals surface area contributed by atoms with Crippen molar-refractivity contribution < 1.29 is 13.7 Å². The Kier molecular flexibility index (Phi) is 5.33. The van der Waals surface area contributed by atoms with Crippen molar-refractivity contribution in [2.45, 2.75) is 38.9 Å². The molecule has 0 amide bonds. The highest BCUT2D eigenvalue weighted by atomic mass is 16.7. The van der Waals surface area contributed by atoms with E-state index in [1.165, 1.54) is 43.4 Å². The molecule has 3 heterocycles. The number of benzene rings is 7. The van der Waals surface area contributed by atoms with E-state index in [1.807, 2.05) is 0 Å². The molecule has 1 aliphatic heterocycles. The smallest absolute Gasteiger partial charge is 0.455 e. The number of rotatable bonds is 2. The normalized spacial score (nSPS) is 16.2. The first-order chi connectivity index (χ1) is 22.8. The van der Waals surface area contributed by atoms with Crippen LogP contribution in [0.5, 0.6) is 0 Å². The van der Waals surface area contributed by atoms with Crippen LogP contribution in [0.4, 0.5) is 0 Å². The molecule has 226 valence electrons. The lowest BCUT2D eigenvalue weighted by atomic mass is 9.79. The fraction of sp³-hybridized carbons (Fsp3) is 0.143. The third-order valence-electron chi connectivity index (χ3n) is 10.7. The quantitative estimate of drug-likeness (QED) is 0.183. The maximum Gasteiger partial charge on any atom is 0.494 e. The van der Waals surface area contributed by atoms with E-state index in [4.69, 9.17) is 13.7 Å². The summed E-state index contributed by atoms with van der Waals surface area (Å²) >= 11 is 0. The van der Waals surface area contributed by atoms with Gasteiger partial charge in [-0.3, -0.25) is 0 Å². The second kappa shape index (κ2) is 9.25. The second-order valence-corrected chi connectivity index (χ2v) is 14.0. The number of hydrogen-bond donors (Lipinski definition) is 0. The topological polar surface area (TPSA) is 36.5 Å². The van der Waals surface area contributed by atoms with Crippen LogP contribution in [0.25, 0.3) is 81.7 Å². The molecule has 0 spiro atoms. The van der Waals surface area contributed by atoms with E-state index in [1.54, 1.807) is 0 Å². The molecule has 0 saturated carbocycles. The number of hydrogen-bond acceptors (Lipinski definition) is 3. The fourth-order valence-corrected chi connectivity index (χ4v) is 7.55. The maximum atomic E-state index is 6.71. The summed E-state index contributed by atoms with van der Waals surface area (Å²) in [5.74, 6) is 0. The van der Waals surface area contributed by atoms with E-state index < -0.39 is 18.3 Å². The van der Waals surface area contributed by atoms with Gasteiger partial charge in [-0.15, -0.1) is 0 Å². The van der Waals surface area contributed by atoms with E-state index in [9.17, 15) is 0 Å². The van der Waals surface area contributed by atoms with E-state index in [-0.39, 0.29) is 0 Å². The summed E-state index contributed by atoms with van der Waals surface area (Å²) in [6.07, 6.45) is 0. The zero-order chi connectivity index (χ0) is 31.7. The Bertz CT molecular complexity index is 2660. The first kappa shape index (κ1) is 27.1. The third kappa shape index (κ3) is 3.78. The third-order valence-corrected chi connectivity index (χ3v) is 10.7. The van der Waals surface area contributed by atoms with E-state index >= 15 is 0 Å². The highest BCUT2D eigenvalue weighted by molar-refractivity contribution is 6.62. The highest BCUT2D eigenvalue weighted by Crippen LogP contribution is 2.43. The number of aromatic nitrogens is 1. The zero-order valence-corrected chi connectivity index (χ0v) is 26.8. The molecule has 4 nitrogen and oxygen atoms in total. The molecule has 0 radical (unpaired) electrons. The van der Waals surface area contributed by atoms with Gasteiger partial charge in [0.15, 0.2) is 0 Å². The molecule has 0 unspecified atom stereocenters. The van der Waals surface area contributed by atoms with Crippen molar-refractivity contribution in [3.8, 4) is 5.69 Å². The first-order valence-electron chi connectivity index (χ1n) is 16.4. The summed E-state index contributed by atoms with van der Waals surface area (Å²) in [7, 11) is -0.452. The number of furan rings is 1. The summed E-state index contributed by atoms with van der Waals surface area (Å²) in [6, 6.07) is 44.0. The molecule has 0 bridgehead atoms. The summed E-state index contributed by atoms with van der Waals surface area (Å²) in [5.41, 5.74) is 5.37. The minimum Gasteiger partial charge on any atom is -0.455 e. The molecule has 1 aliphatic rings. The molecule has 1 saturated heterocycles. The maximum absolute atomic E-state index is 6.71. The van der Waals surface area contributed by atoms with Gasteiger partial charge in [-0.05, 0) is 91.1 Å². The molecule has 0 N–H and O–H groups in total. The van der Waals surface area contributed by atoms with Crippen LogP contribution in [0.3, 0.4) is 0 Å². The lowest BCUT2D eigenvalue weighted by Gasteiger charge is -2.32. The summed E-state index contributed by atoms with van der Waals surface area (Å²) in [4.78, 5) is 0. The first-order valence-corrected chi connectivity index (χ1v) is 16.4. The van der Waals surface area contributed by atoms with Crippen molar-refractivity contribution in [3.63, 3.8) is 0 Å². The van der Waals surface area contributed by atoms with Crippen LogP contribution in [-0.4, -0.2) is 22.9 Å². The molecular weight excluding hydrogens is 577 g/mol. The molecule has 10 rings (SSSR count). The SMILES string of the molecule is CC1(C)OB(c2ccc3c(c2)oc2c4ccccc4c(-n4c5cc6ccccc6cc5c5cc6ccccc6cc54)cc32)OC1(C)C. The molecule has 7 aromatic carbocycles. The molecule has 5 heteroatoms. The Morgan fingerprint density at radius 3 is 1.62 bits per heavy atom. The van der Waals surface area contributed by atoms with Gasteiger partial charge in [0.1, 0.15) is 11.2 Å². The molecule has 9 aromatic rings. The van der Waals surface area contributed by atoms with Gasteiger partial charge in [0.2, 0.25) is 0 Å². The van der Waals surface area contributed by atoms with E-state index in [2.05, 4.69) is 154 Å². The molecule has 1 fully saturated rings. The van der Waals surface area contributed by atoms with Crippen molar-refractivity contribution in [1.82, 2.24) is 4.57 Å². The Balaban J connectivity index is 1.28. The van der Waals surface area contributed by atoms with E-state index in [0.717, 1.165) is 43.9 Å². The number of fused-ring (bicyclic) bond motifs is 10. The second-order valence-electron chi connectivity index (χ2n) is 14.0. The summed E-state index contributed by atoms with van der Waals surface area (Å²) < 4.78 is 21.9. The van der Waals surface area contributed by atoms with Gasteiger partial charge in [0, 0.05) is 32.3 Å². The average molecular weight is 610 g/mol. The van der Waals surface area contributed by atoms with Gasteiger partial charge in [-0.25, -0.2) is 0 Å². The van der Waals surface area contributed by atoms with Gasteiger partial charge in [-0.2, -0.15) is 0 Å². The Morgan fingerprint density at radius 2 is 1.02 bits per heavy atom. The van der Waals surface area contributed by atoms with Crippen LogP contribution >= 0.6 is 0 Å². The Morgan fingerprint density at radius 1 is 0.489 bits per heavy atom. The lowest BCUT2D eigenvalue weighted by molar-refractivity contribution is 0.00578. The van der Waals surface area contributed by atoms with Crippen molar-refractivity contribution in [3.05, 3.63) is 121 Å². The van der Waals surface area contributed by atoms with Crippen LogP contribution in [0.1, 0.15) is 27.7 Å². The van der Waals surface area contributed by atoms with Crippen molar-refractivity contribution in [2.75, 3.05) is 0 Å². The van der Waals surface area contributed by atoms with Crippen molar-refractivity contribution >= 4 is 88.6 Å². The Labute approximate surface area is 272 Å². The van der Waals surface area contributed by atoms with Gasteiger partial charge in [0.25, 0.3) is 0 Å². The van der Waals surface area contributed by atoms with Gasteiger partial charge in [0.05, 0.1) is 27.9 Å². The fourth-order valence-electron chi connectivity index (χ4n) is 7.55. The largest absolute Gasteiger partial charge is 0.494 e. The highest BCUT2D eigenvalue weighted by Gasteiger charge is 2.51. The molecule has 2 aromatic heterocycles. The van der Waals surface area contributed by atoms with Gasteiger partial charge >= 0.3 is 7.12 Å². The van der Waals surface area contributed by atoms with Gasteiger partial charge in [-0.1, -0.05) is 84.9 Å². The number of nitrogens with zero attached hydrogens (tertiary/aromatic N) is 1. The minimum absolute atomic E-state index is 0.412. The van der Waals surface area contributed by atoms with Crippen LogP contribution in [0.15, 0.2) is 126 Å². The van der Waals surface area contributed by atoms with E-state index in [0.29, 0.717) is 0 Å². The van der Waals surface area contributed by atoms with Crippen LogP contribution < -0.4 is 5.46 Å². The zero-order valence-electron chi connectivity index (χ0n) is 26.8. The predicted octanol–water partition coefficient (Wildman–Crippen LogP) is 10.4. The molecule has 0 atom stereocenters. The minimum atomic E-state index is -0.452. The molecule has 0 aliphatic carbocycles. The lowest BCUT2D eigenvalue weighted by Crippen LogP contribution is -2.41. The predicted molar refractivity (Wildman–Crippen MR) is 196 cm³/mol. The molecular formula is C42H32BNO3. The van der Waals surface area contributed by atoms with Crippen LogP contribution in [0.2, 0.25) is 0 Å². The van der Waals surface area contributed by atoms with Crippen molar-refractivity contribution in [1.29, 1.82) is 0 Å². The summed E-state index contributed by atoms with van der Waals surface area (Å²) in [6.45, 7) is 8.34. The Hall–Kier alpha value is -5.10. The van der Waals surface area contributed by atoms with Crippen LogP contribution in [0, 0.1) is 0 Å². The molecule has 47 heavy (non-hydrogen) atoms. The summed E-state index contributed by atoms with van der Waals surface area (Å²) in [5, 5.41) is 11.8. The van der Waals surface area contributed by atoms with Gasteiger partial charge < -0.3 is 18.3 Å². The average Bonchev–Trinajstić information content (AvgIpc) is 3.67. The standard InChI is InChI=1S/C42H32BNO3/c1-41(2)42(3,4)47-43(46-41)29-17-18-31-35-24-38(30-15-9-10-16-32(30)40(35)45-39(31)23-29)44-36-21-27-13-7-5-11-25(27)19-33(36)34-20-26-12-6-8-14-28(26)22-37(34)44/h5-24H,1-4H3. The van der Waals surface area contributed by atoms with Crippen molar-refractivity contribution in [2.24, 2.45) is 0 Å². The monoisotopic (exact) mass is 609 g/mol.